The molecule has 0 aromatic heterocycles. The highest BCUT2D eigenvalue weighted by molar-refractivity contribution is 7.89. The predicted molar refractivity (Wildman–Crippen MR) is 122 cm³/mol. The summed E-state index contributed by atoms with van der Waals surface area (Å²) in [7, 11) is -3.83. The summed E-state index contributed by atoms with van der Waals surface area (Å²) in [5.41, 5.74) is 0.884. The number of nitrogens with zero attached hydrogens (tertiary/aromatic N) is 2. The average Bonchev–Trinajstić information content (AvgIpc) is 2.83. The van der Waals surface area contributed by atoms with Gasteiger partial charge in [0.25, 0.3) is 0 Å². The van der Waals surface area contributed by atoms with Crippen molar-refractivity contribution >= 4 is 32.6 Å². The molecule has 4 rings (SSSR count). The van der Waals surface area contributed by atoms with Crippen LogP contribution in [0.15, 0.2) is 71.6 Å². The maximum atomic E-state index is 13.4. The van der Waals surface area contributed by atoms with Gasteiger partial charge < -0.3 is 10.2 Å². The van der Waals surface area contributed by atoms with E-state index < -0.39 is 15.8 Å². The molecule has 1 N–H and O–H groups in total. The highest BCUT2D eigenvalue weighted by atomic mass is 32.2. The first-order valence-electron chi connectivity index (χ1n) is 10.6. The number of carbonyl (C=O) groups excluding carboxylic acids is 2. The van der Waals surface area contributed by atoms with E-state index in [0.717, 1.165) is 22.4 Å². The molecule has 3 aromatic rings. The molecule has 2 amide bonds. The van der Waals surface area contributed by atoms with Crippen molar-refractivity contribution in [2.75, 3.05) is 32.7 Å². The van der Waals surface area contributed by atoms with Crippen molar-refractivity contribution in [2.45, 2.75) is 11.3 Å². The lowest BCUT2D eigenvalue weighted by Crippen LogP contribution is -2.52. The minimum atomic E-state index is -3.83. The summed E-state index contributed by atoms with van der Waals surface area (Å²) < 4.78 is 40.1. The first-order chi connectivity index (χ1) is 15.8. The number of amides is 2. The summed E-state index contributed by atoms with van der Waals surface area (Å²) in [6.45, 7) is 0.461. The van der Waals surface area contributed by atoms with Crippen molar-refractivity contribution < 1.29 is 22.4 Å². The molecule has 1 heterocycles. The van der Waals surface area contributed by atoms with E-state index in [9.17, 15) is 22.4 Å². The number of nitrogens with one attached hydrogen (secondary N) is 1. The van der Waals surface area contributed by atoms with Crippen LogP contribution in [-0.4, -0.2) is 62.2 Å². The molecule has 0 unspecified atom stereocenters. The number of halogens is 1. The maximum Gasteiger partial charge on any atom is 0.243 e. The Bertz CT molecular complexity index is 1280. The monoisotopic (exact) mass is 469 g/mol. The van der Waals surface area contributed by atoms with Gasteiger partial charge in [0.2, 0.25) is 21.8 Å². The molecule has 0 radical (unpaired) electrons. The van der Waals surface area contributed by atoms with Gasteiger partial charge >= 0.3 is 0 Å². The fourth-order valence-electron chi connectivity index (χ4n) is 3.92. The van der Waals surface area contributed by atoms with Crippen LogP contribution in [0.4, 0.5) is 4.39 Å². The molecular weight excluding hydrogens is 445 g/mol. The number of carbonyl (C=O) groups is 2. The van der Waals surface area contributed by atoms with Crippen molar-refractivity contribution in [3.05, 3.63) is 78.1 Å². The minimum absolute atomic E-state index is 0.106. The molecule has 0 spiro atoms. The van der Waals surface area contributed by atoms with E-state index >= 15 is 0 Å². The third kappa shape index (κ3) is 5.20. The Kier molecular flexibility index (Phi) is 6.71. The van der Waals surface area contributed by atoms with Crippen molar-refractivity contribution in [1.82, 2.24) is 14.5 Å². The largest absolute Gasteiger partial charge is 0.347 e. The number of sulfonamides is 1. The predicted octanol–water partition coefficient (Wildman–Crippen LogP) is 2.17. The minimum Gasteiger partial charge on any atom is -0.347 e. The Balaban J connectivity index is 1.29. The molecule has 3 aromatic carbocycles. The van der Waals surface area contributed by atoms with Crippen molar-refractivity contribution in [1.29, 1.82) is 0 Å². The van der Waals surface area contributed by atoms with E-state index in [1.807, 2.05) is 42.5 Å². The Labute approximate surface area is 191 Å². The maximum absolute atomic E-state index is 13.4. The van der Waals surface area contributed by atoms with E-state index in [2.05, 4.69) is 5.32 Å². The number of fused-ring (bicyclic) bond motifs is 1. The van der Waals surface area contributed by atoms with Gasteiger partial charge in [-0.2, -0.15) is 4.31 Å². The molecule has 0 aliphatic carbocycles. The molecule has 0 saturated carbocycles. The third-order valence-corrected chi connectivity index (χ3v) is 7.59. The number of piperazine rings is 1. The second kappa shape index (κ2) is 9.68. The number of benzene rings is 3. The summed E-state index contributed by atoms with van der Waals surface area (Å²) in [6, 6.07) is 18.4. The van der Waals surface area contributed by atoms with E-state index in [-0.39, 0.29) is 55.9 Å². The Morgan fingerprint density at radius 3 is 2.36 bits per heavy atom. The van der Waals surface area contributed by atoms with Crippen LogP contribution in [-0.2, 0) is 26.0 Å². The smallest absolute Gasteiger partial charge is 0.243 e. The highest BCUT2D eigenvalue weighted by Gasteiger charge is 2.30. The molecule has 1 saturated heterocycles. The zero-order valence-corrected chi connectivity index (χ0v) is 18.7. The summed E-state index contributed by atoms with van der Waals surface area (Å²) in [4.78, 5) is 26.4. The van der Waals surface area contributed by atoms with Crippen molar-refractivity contribution in [2.24, 2.45) is 0 Å². The summed E-state index contributed by atoms with van der Waals surface area (Å²) >= 11 is 0. The van der Waals surface area contributed by atoms with Gasteiger partial charge in [0, 0.05) is 26.2 Å². The van der Waals surface area contributed by atoms with Gasteiger partial charge in [-0.05, 0) is 34.5 Å². The zero-order valence-electron chi connectivity index (χ0n) is 17.9. The van der Waals surface area contributed by atoms with Gasteiger partial charge in [-0.1, -0.05) is 48.5 Å². The Morgan fingerprint density at radius 2 is 1.61 bits per heavy atom. The molecule has 1 fully saturated rings. The number of hydrogen-bond acceptors (Lipinski definition) is 4. The molecule has 0 bridgehead atoms. The fourth-order valence-corrected chi connectivity index (χ4v) is 5.38. The third-order valence-electron chi connectivity index (χ3n) is 5.69. The van der Waals surface area contributed by atoms with Crippen LogP contribution in [0.25, 0.3) is 10.8 Å². The molecule has 9 heteroatoms. The molecule has 172 valence electrons. The summed E-state index contributed by atoms with van der Waals surface area (Å²) in [5.74, 6) is -1.15. The molecule has 1 aliphatic rings. The molecule has 0 atom stereocenters. The standard InChI is InChI=1S/C24H24FN3O4S/c25-20-8-4-9-21(16-20)33(31,32)28-13-11-27(12-14-28)24(30)17-26-23(29)15-19-7-3-6-18-5-1-2-10-22(18)19/h1-10,16H,11-15,17H2,(H,26,29). The van der Waals surface area contributed by atoms with Crippen molar-refractivity contribution in [3.63, 3.8) is 0 Å². The van der Waals surface area contributed by atoms with Gasteiger partial charge in [0.05, 0.1) is 17.9 Å². The zero-order chi connectivity index (χ0) is 23.4. The second-order valence-electron chi connectivity index (χ2n) is 7.83. The van der Waals surface area contributed by atoms with Crippen molar-refractivity contribution in [3.8, 4) is 0 Å². The lowest BCUT2D eigenvalue weighted by molar-refractivity contribution is -0.133. The van der Waals surface area contributed by atoms with Crippen LogP contribution in [0.1, 0.15) is 5.56 Å². The molecule has 7 nitrogen and oxygen atoms in total. The lowest BCUT2D eigenvalue weighted by Gasteiger charge is -2.34. The van der Waals surface area contributed by atoms with Crippen LogP contribution < -0.4 is 5.32 Å². The quantitative estimate of drug-likeness (QED) is 0.600. The number of rotatable bonds is 6. The molecular formula is C24H24FN3O4S. The van der Waals surface area contributed by atoms with Gasteiger partial charge in [0.1, 0.15) is 5.82 Å². The van der Waals surface area contributed by atoms with E-state index in [1.165, 1.54) is 27.4 Å². The van der Waals surface area contributed by atoms with Gasteiger partial charge in [0.15, 0.2) is 0 Å². The summed E-state index contributed by atoms with van der Waals surface area (Å²) in [6.07, 6.45) is 0.161. The van der Waals surface area contributed by atoms with Crippen LogP contribution in [0.5, 0.6) is 0 Å². The van der Waals surface area contributed by atoms with E-state index in [4.69, 9.17) is 0 Å². The molecule has 33 heavy (non-hydrogen) atoms. The van der Waals surface area contributed by atoms with Gasteiger partial charge in [-0.15, -0.1) is 0 Å². The normalized spacial score (nSPS) is 14.9. The Hall–Kier alpha value is -3.30. The van der Waals surface area contributed by atoms with Crippen LogP contribution in [0, 0.1) is 5.82 Å². The first kappa shape index (κ1) is 22.9. The van der Waals surface area contributed by atoms with E-state index in [1.54, 1.807) is 0 Å². The SMILES string of the molecule is O=C(Cc1cccc2ccccc12)NCC(=O)N1CCN(S(=O)(=O)c2cccc(F)c2)CC1. The summed E-state index contributed by atoms with van der Waals surface area (Å²) in [5, 5.41) is 4.71. The van der Waals surface area contributed by atoms with Crippen LogP contribution in [0.2, 0.25) is 0 Å². The molecule has 1 aliphatic heterocycles. The first-order valence-corrected chi connectivity index (χ1v) is 12.1. The second-order valence-corrected chi connectivity index (χ2v) is 9.77. The highest BCUT2D eigenvalue weighted by Crippen LogP contribution is 2.20. The fraction of sp³-hybridized carbons (Fsp3) is 0.250. The number of hydrogen-bond donors (Lipinski definition) is 1. The average molecular weight is 470 g/mol. The van der Waals surface area contributed by atoms with Gasteiger partial charge in [-0.25, -0.2) is 12.8 Å². The Morgan fingerprint density at radius 1 is 0.909 bits per heavy atom. The van der Waals surface area contributed by atoms with Crippen LogP contribution in [0.3, 0.4) is 0 Å². The lowest BCUT2D eigenvalue weighted by atomic mass is 10.0. The van der Waals surface area contributed by atoms with E-state index in [0.29, 0.717) is 0 Å². The van der Waals surface area contributed by atoms with Gasteiger partial charge in [-0.3, -0.25) is 9.59 Å². The van der Waals surface area contributed by atoms with Crippen LogP contribution >= 0.6 is 0 Å². The topological polar surface area (TPSA) is 86.8 Å².